The van der Waals surface area contributed by atoms with E-state index in [0.29, 0.717) is 12.2 Å². The lowest BCUT2D eigenvalue weighted by atomic mass is 10.2. The summed E-state index contributed by atoms with van der Waals surface area (Å²) in [4.78, 5) is 13.6. The van der Waals surface area contributed by atoms with E-state index in [0.717, 1.165) is 0 Å². The van der Waals surface area contributed by atoms with Gasteiger partial charge in [0.05, 0.1) is 0 Å². The smallest absolute Gasteiger partial charge is 0.352 e. The molecule has 0 amide bonds. The van der Waals surface area contributed by atoms with Crippen molar-refractivity contribution in [3.8, 4) is 0 Å². The molecule has 2 aromatic heterocycles. The number of H-pyrrole nitrogens is 1. The number of aromatic carboxylic acids is 1. The molecular weight excluding hydrogens is 294 g/mol. The minimum atomic E-state index is -3.75. The van der Waals surface area contributed by atoms with Crippen LogP contribution in [0, 0.1) is 13.8 Å². The average Bonchev–Trinajstić information content (AvgIpc) is 2.97. The molecule has 2 heterocycles. The number of hydrogen-bond donors (Lipinski definition) is 3. The summed E-state index contributed by atoms with van der Waals surface area (Å²) >= 11 is 0. The predicted molar refractivity (Wildman–Crippen MR) is 76.8 cm³/mol. The second kappa shape index (κ2) is 5.74. The van der Waals surface area contributed by atoms with E-state index < -0.39 is 16.0 Å². The summed E-state index contributed by atoms with van der Waals surface area (Å²) < 4.78 is 28.9. The van der Waals surface area contributed by atoms with E-state index in [9.17, 15) is 13.2 Å². The molecule has 0 saturated heterocycles. The number of nitrogens with one attached hydrogen (secondary N) is 2. The first-order valence-corrected chi connectivity index (χ1v) is 7.84. The van der Waals surface area contributed by atoms with Gasteiger partial charge in [0.15, 0.2) is 0 Å². The second-order valence-corrected chi connectivity index (χ2v) is 6.41. The predicted octanol–water partition coefficient (Wildman–Crippen LogP) is 1.11. The first kappa shape index (κ1) is 15.3. The molecular formula is C13H17N3O4S. The highest BCUT2D eigenvalue weighted by atomic mass is 32.2. The number of carbonyl (C=O) groups is 1. The van der Waals surface area contributed by atoms with Crippen LogP contribution in [0.15, 0.2) is 29.4 Å². The van der Waals surface area contributed by atoms with Crippen LogP contribution in [-0.4, -0.2) is 35.6 Å². The molecule has 0 atom stereocenters. The molecule has 7 nitrogen and oxygen atoms in total. The fourth-order valence-corrected chi connectivity index (χ4v) is 3.71. The van der Waals surface area contributed by atoms with Crippen LogP contribution in [0.25, 0.3) is 0 Å². The summed E-state index contributed by atoms with van der Waals surface area (Å²) in [6.07, 6.45) is 3.67. The van der Waals surface area contributed by atoms with Gasteiger partial charge < -0.3 is 14.7 Å². The summed E-state index contributed by atoms with van der Waals surface area (Å²) in [7, 11) is -3.75. The molecule has 0 spiro atoms. The van der Waals surface area contributed by atoms with Gasteiger partial charge in [0.1, 0.15) is 10.6 Å². The number of carboxylic acid groups (broad SMARTS) is 1. The van der Waals surface area contributed by atoms with Crippen molar-refractivity contribution in [3.05, 3.63) is 41.5 Å². The zero-order chi connectivity index (χ0) is 15.6. The monoisotopic (exact) mass is 311 g/mol. The number of nitrogens with zero attached hydrogens (tertiary/aromatic N) is 1. The lowest BCUT2D eigenvalue weighted by Gasteiger charge is -2.08. The molecule has 0 fully saturated rings. The summed E-state index contributed by atoms with van der Waals surface area (Å²) in [5.41, 5.74) is 0.435. The number of rotatable bonds is 6. The highest BCUT2D eigenvalue weighted by molar-refractivity contribution is 7.89. The number of carboxylic acids is 1. The van der Waals surface area contributed by atoms with Crippen LogP contribution >= 0.6 is 0 Å². The Balaban J connectivity index is 2.18. The number of aryl methyl sites for hydroxylation is 1. The number of aromatic nitrogens is 2. The molecule has 0 aliphatic heterocycles. The Morgan fingerprint density at radius 1 is 1.33 bits per heavy atom. The maximum absolute atomic E-state index is 12.3. The van der Waals surface area contributed by atoms with Gasteiger partial charge in [-0.25, -0.2) is 17.9 Å². The maximum atomic E-state index is 12.3. The Morgan fingerprint density at radius 3 is 2.48 bits per heavy atom. The largest absolute Gasteiger partial charge is 0.477 e. The van der Waals surface area contributed by atoms with Crippen LogP contribution in [0.3, 0.4) is 0 Å². The van der Waals surface area contributed by atoms with Crippen LogP contribution in [-0.2, 0) is 16.6 Å². The van der Waals surface area contributed by atoms with Crippen molar-refractivity contribution in [2.45, 2.75) is 25.3 Å². The molecule has 0 radical (unpaired) electrons. The van der Waals surface area contributed by atoms with Crippen molar-refractivity contribution < 1.29 is 18.3 Å². The molecule has 2 aromatic rings. The summed E-state index contributed by atoms with van der Waals surface area (Å²) in [6, 6.07) is 3.71. The third-order valence-corrected chi connectivity index (χ3v) is 4.91. The summed E-state index contributed by atoms with van der Waals surface area (Å²) in [5, 5.41) is 9.02. The first-order valence-electron chi connectivity index (χ1n) is 6.36. The van der Waals surface area contributed by atoms with Crippen molar-refractivity contribution in [2.24, 2.45) is 0 Å². The fourth-order valence-electron chi connectivity index (χ4n) is 2.25. The Hall–Kier alpha value is -2.06. The molecule has 0 aromatic carbocycles. The van der Waals surface area contributed by atoms with Crippen molar-refractivity contribution in [2.75, 3.05) is 6.54 Å². The molecule has 0 bridgehead atoms. The van der Waals surface area contributed by atoms with Gasteiger partial charge in [-0.15, -0.1) is 0 Å². The average molecular weight is 311 g/mol. The van der Waals surface area contributed by atoms with Crippen LogP contribution in [0.1, 0.15) is 21.7 Å². The zero-order valence-electron chi connectivity index (χ0n) is 11.8. The van der Waals surface area contributed by atoms with Crippen molar-refractivity contribution in [1.82, 2.24) is 14.3 Å². The minimum absolute atomic E-state index is 0.00686. The minimum Gasteiger partial charge on any atom is -0.477 e. The molecule has 2 rings (SSSR count). The molecule has 21 heavy (non-hydrogen) atoms. The highest BCUT2D eigenvalue weighted by Crippen LogP contribution is 2.22. The maximum Gasteiger partial charge on any atom is 0.352 e. The summed E-state index contributed by atoms with van der Waals surface area (Å²) in [6.45, 7) is 3.75. The fraction of sp³-hybridized carbons (Fsp3) is 0.308. The number of hydrogen-bond acceptors (Lipinski definition) is 3. The molecule has 8 heteroatoms. The number of aromatic amines is 1. The standard InChI is InChI=1S/C13H17N3O4S/c1-9-11(13(17)18)15-10(2)12(9)21(19,20)14-5-8-16-6-3-4-7-16/h3-4,6-7,14-15H,5,8H2,1-2H3,(H,17,18). The number of sulfonamides is 1. The van der Waals surface area contributed by atoms with Gasteiger partial charge in [-0.2, -0.15) is 0 Å². The van der Waals surface area contributed by atoms with Gasteiger partial charge in [-0.05, 0) is 26.0 Å². The van der Waals surface area contributed by atoms with E-state index in [4.69, 9.17) is 5.11 Å². The third kappa shape index (κ3) is 3.17. The van der Waals surface area contributed by atoms with Gasteiger partial charge in [-0.1, -0.05) is 0 Å². The Labute approximate surface area is 122 Å². The first-order chi connectivity index (χ1) is 9.83. The molecule has 0 unspecified atom stereocenters. The van der Waals surface area contributed by atoms with Gasteiger partial charge in [0.25, 0.3) is 0 Å². The van der Waals surface area contributed by atoms with E-state index >= 15 is 0 Å². The van der Waals surface area contributed by atoms with Crippen LogP contribution in [0.5, 0.6) is 0 Å². The van der Waals surface area contributed by atoms with Crippen molar-refractivity contribution >= 4 is 16.0 Å². The van der Waals surface area contributed by atoms with E-state index in [1.54, 1.807) is 6.92 Å². The Kier molecular flexibility index (Phi) is 4.19. The quantitative estimate of drug-likeness (QED) is 0.743. The van der Waals surface area contributed by atoms with Crippen LogP contribution in [0.4, 0.5) is 0 Å². The second-order valence-electron chi connectivity index (χ2n) is 4.70. The molecule has 3 N–H and O–H groups in total. The van der Waals surface area contributed by atoms with E-state index in [1.165, 1.54) is 6.92 Å². The molecule has 0 aliphatic carbocycles. The van der Waals surface area contributed by atoms with Crippen LogP contribution < -0.4 is 4.72 Å². The zero-order valence-corrected chi connectivity index (χ0v) is 12.6. The highest BCUT2D eigenvalue weighted by Gasteiger charge is 2.25. The van der Waals surface area contributed by atoms with Crippen molar-refractivity contribution in [1.29, 1.82) is 0 Å². The van der Waals surface area contributed by atoms with Gasteiger partial charge in [0.2, 0.25) is 10.0 Å². The van der Waals surface area contributed by atoms with Gasteiger partial charge >= 0.3 is 5.97 Å². The molecule has 114 valence electrons. The Morgan fingerprint density at radius 2 is 1.95 bits per heavy atom. The molecule has 0 aliphatic rings. The van der Waals surface area contributed by atoms with Gasteiger partial charge in [0, 0.05) is 36.7 Å². The Bertz CT molecular complexity index is 745. The molecule has 0 saturated carbocycles. The van der Waals surface area contributed by atoms with Crippen LogP contribution in [0.2, 0.25) is 0 Å². The topological polar surface area (TPSA) is 104 Å². The van der Waals surface area contributed by atoms with E-state index in [-0.39, 0.29) is 22.7 Å². The lowest BCUT2D eigenvalue weighted by Crippen LogP contribution is -2.28. The van der Waals surface area contributed by atoms with Crippen molar-refractivity contribution in [3.63, 3.8) is 0 Å². The van der Waals surface area contributed by atoms with Gasteiger partial charge in [-0.3, -0.25) is 0 Å². The van der Waals surface area contributed by atoms with E-state index in [1.807, 2.05) is 29.1 Å². The normalized spacial score (nSPS) is 11.7. The third-order valence-electron chi connectivity index (χ3n) is 3.18. The summed E-state index contributed by atoms with van der Waals surface area (Å²) in [5.74, 6) is -1.18. The SMILES string of the molecule is Cc1[nH]c(C(=O)O)c(C)c1S(=O)(=O)NCCn1cccc1. The lowest BCUT2D eigenvalue weighted by molar-refractivity contribution is 0.0690. The van der Waals surface area contributed by atoms with E-state index in [2.05, 4.69) is 9.71 Å².